The van der Waals surface area contributed by atoms with E-state index in [-0.39, 0.29) is 50.4 Å². The summed E-state index contributed by atoms with van der Waals surface area (Å²) in [6.07, 6.45) is 0.167. The molecule has 0 aromatic heterocycles. The Bertz CT molecular complexity index is 1820. The van der Waals surface area contributed by atoms with Crippen molar-refractivity contribution >= 4 is 73.9 Å². The maximum absolute atomic E-state index is 14.6. The largest absolute Gasteiger partial charge is 0.354 e. The van der Waals surface area contributed by atoms with Crippen molar-refractivity contribution in [2.45, 2.75) is 44.7 Å². The number of rotatable bonds is 13. The van der Waals surface area contributed by atoms with Crippen LogP contribution >= 0.6 is 46.4 Å². The molecule has 2 amide bonds. The summed E-state index contributed by atoms with van der Waals surface area (Å²) in [7, 11) is -4.35. The third-order valence-electron chi connectivity index (χ3n) is 7.36. The molecule has 0 fully saturated rings. The summed E-state index contributed by atoms with van der Waals surface area (Å²) in [6.45, 7) is 5.40. The summed E-state index contributed by atoms with van der Waals surface area (Å²) >= 11 is 25.4. The molecule has 4 aromatic rings. The van der Waals surface area contributed by atoms with E-state index >= 15 is 0 Å². The highest BCUT2D eigenvalue weighted by molar-refractivity contribution is 7.92. The lowest BCUT2D eigenvalue weighted by Gasteiger charge is -2.34. The van der Waals surface area contributed by atoms with Gasteiger partial charge >= 0.3 is 0 Å². The molecule has 4 aromatic carbocycles. The number of aryl methyl sites for hydroxylation is 1. The number of anilines is 1. The summed E-state index contributed by atoms with van der Waals surface area (Å²) < 4.78 is 29.4. The predicted octanol–water partition coefficient (Wildman–Crippen LogP) is 8.22. The van der Waals surface area contributed by atoms with Crippen molar-refractivity contribution in [2.24, 2.45) is 5.92 Å². The second-order valence-corrected chi connectivity index (χ2v) is 15.1. The molecule has 0 aliphatic heterocycles. The summed E-state index contributed by atoms with van der Waals surface area (Å²) in [5, 5.41) is 3.86. The van der Waals surface area contributed by atoms with Crippen molar-refractivity contribution in [1.29, 1.82) is 0 Å². The Kier molecular flexibility index (Phi) is 12.6. The number of nitrogens with zero attached hydrogens (tertiary/aromatic N) is 2. The molecule has 47 heavy (non-hydrogen) atoms. The Morgan fingerprint density at radius 1 is 0.787 bits per heavy atom. The van der Waals surface area contributed by atoms with E-state index in [9.17, 15) is 18.0 Å². The average Bonchev–Trinajstić information content (AvgIpc) is 3.03. The lowest BCUT2D eigenvalue weighted by atomic mass is 10.0. The van der Waals surface area contributed by atoms with Crippen molar-refractivity contribution in [1.82, 2.24) is 10.2 Å². The number of carbonyl (C=O) groups is 2. The molecule has 12 heteroatoms. The van der Waals surface area contributed by atoms with E-state index in [1.807, 2.05) is 51.1 Å². The number of carbonyl (C=O) groups excluding carboxylic acids is 2. The van der Waals surface area contributed by atoms with E-state index in [4.69, 9.17) is 46.4 Å². The summed E-state index contributed by atoms with van der Waals surface area (Å²) in [5.74, 6) is -0.885. The van der Waals surface area contributed by atoms with E-state index in [0.29, 0.717) is 17.1 Å². The molecule has 7 nitrogen and oxygen atoms in total. The van der Waals surface area contributed by atoms with E-state index < -0.39 is 28.5 Å². The van der Waals surface area contributed by atoms with Gasteiger partial charge in [-0.25, -0.2) is 8.42 Å². The Labute approximate surface area is 296 Å². The number of benzene rings is 4. The number of halogens is 4. The Morgan fingerprint density at radius 2 is 1.45 bits per heavy atom. The Morgan fingerprint density at radius 3 is 2.09 bits per heavy atom. The van der Waals surface area contributed by atoms with Gasteiger partial charge in [0.2, 0.25) is 11.8 Å². The zero-order valence-corrected chi connectivity index (χ0v) is 29.9. The van der Waals surface area contributed by atoms with Crippen molar-refractivity contribution in [3.8, 4) is 0 Å². The van der Waals surface area contributed by atoms with Gasteiger partial charge in [-0.15, -0.1) is 0 Å². The van der Waals surface area contributed by atoms with Crippen LogP contribution in [0.25, 0.3) is 0 Å². The number of amides is 2. The van der Waals surface area contributed by atoms with Crippen LogP contribution < -0.4 is 9.62 Å². The minimum Gasteiger partial charge on any atom is -0.354 e. The lowest BCUT2D eigenvalue weighted by Crippen LogP contribution is -2.53. The normalized spacial score (nSPS) is 12.1. The maximum atomic E-state index is 14.6. The van der Waals surface area contributed by atoms with Crippen molar-refractivity contribution < 1.29 is 18.0 Å². The topological polar surface area (TPSA) is 86.8 Å². The smallest absolute Gasteiger partial charge is 0.264 e. The molecule has 0 aliphatic rings. The van der Waals surface area contributed by atoms with Gasteiger partial charge in [-0.3, -0.25) is 13.9 Å². The van der Waals surface area contributed by atoms with Crippen molar-refractivity contribution in [2.75, 3.05) is 17.4 Å². The van der Waals surface area contributed by atoms with Crippen LogP contribution in [-0.4, -0.2) is 44.3 Å². The van der Waals surface area contributed by atoms with Gasteiger partial charge in [-0.1, -0.05) is 114 Å². The third-order valence-corrected chi connectivity index (χ3v) is 10.4. The average molecular weight is 736 g/mol. The summed E-state index contributed by atoms with van der Waals surface area (Å²) in [6, 6.07) is 23.8. The Balaban J connectivity index is 1.84. The predicted molar refractivity (Wildman–Crippen MR) is 191 cm³/mol. The minimum absolute atomic E-state index is 0.0199. The number of hydrogen-bond acceptors (Lipinski definition) is 4. The van der Waals surface area contributed by atoms with Crippen LogP contribution in [-0.2, 0) is 32.6 Å². The zero-order valence-electron chi connectivity index (χ0n) is 26.1. The minimum atomic E-state index is -4.35. The SMILES string of the molecule is Cc1ccc(S(=O)(=O)N(CC(=O)N(Cc2ccc(Cl)c(Cl)c2)[C@@H](Cc2ccccc2)C(=O)NCC(C)C)c2cc(Cl)ccc2Cl)cc1. The van der Waals surface area contributed by atoms with Crippen LogP contribution in [0.2, 0.25) is 20.1 Å². The van der Waals surface area contributed by atoms with Gasteiger partial charge in [0.25, 0.3) is 10.0 Å². The number of sulfonamides is 1. The summed E-state index contributed by atoms with van der Waals surface area (Å²) in [4.78, 5) is 29.8. The molecule has 0 radical (unpaired) electrons. The van der Waals surface area contributed by atoms with Gasteiger partial charge in [-0.05, 0) is 66.4 Å². The Hall–Kier alpha value is -3.27. The number of nitrogens with one attached hydrogen (secondary N) is 1. The first-order valence-electron chi connectivity index (χ1n) is 14.9. The fraction of sp³-hybridized carbons (Fsp3) is 0.257. The molecule has 0 heterocycles. The van der Waals surface area contributed by atoms with Gasteiger partial charge in [0, 0.05) is 24.5 Å². The van der Waals surface area contributed by atoms with Crippen LogP contribution in [0.15, 0.2) is 95.9 Å². The molecule has 0 spiro atoms. The second kappa shape index (κ2) is 16.2. The van der Waals surface area contributed by atoms with E-state index in [2.05, 4.69) is 5.32 Å². The highest BCUT2D eigenvalue weighted by Gasteiger charge is 2.35. The zero-order chi connectivity index (χ0) is 34.3. The van der Waals surface area contributed by atoms with Crippen molar-refractivity contribution in [3.63, 3.8) is 0 Å². The first kappa shape index (κ1) is 36.6. The van der Waals surface area contributed by atoms with Crippen LogP contribution in [0, 0.1) is 12.8 Å². The molecule has 0 aliphatic carbocycles. The molecule has 0 unspecified atom stereocenters. The van der Waals surface area contributed by atoms with E-state index in [0.717, 1.165) is 15.4 Å². The molecule has 0 saturated heterocycles. The van der Waals surface area contributed by atoms with Gasteiger partial charge < -0.3 is 10.2 Å². The lowest BCUT2D eigenvalue weighted by molar-refractivity contribution is -0.140. The van der Waals surface area contributed by atoms with Gasteiger partial charge in [0.15, 0.2) is 0 Å². The fourth-order valence-corrected chi connectivity index (χ4v) is 7.02. The van der Waals surface area contributed by atoms with Gasteiger partial charge in [0.1, 0.15) is 12.6 Å². The van der Waals surface area contributed by atoms with Gasteiger partial charge in [-0.2, -0.15) is 0 Å². The van der Waals surface area contributed by atoms with E-state index in [1.165, 1.54) is 35.2 Å². The molecule has 4 rings (SSSR count). The molecule has 248 valence electrons. The quantitative estimate of drug-likeness (QED) is 0.150. The maximum Gasteiger partial charge on any atom is 0.264 e. The molecular weight excluding hydrogens is 700 g/mol. The van der Waals surface area contributed by atoms with Crippen LogP contribution in [0.5, 0.6) is 0 Å². The third kappa shape index (κ3) is 9.64. The first-order chi connectivity index (χ1) is 22.3. The molecular formula is C35H35Cl4N3O4S. The van der Waals surface area contributed by atoms with Crippen LogP contribution in [0.4, 0.5) is 5.69 Å². The van der Waals surface area contributed by atoms with Crippen molar-refractivity contribution in [3.05, 3.63) is 128 Å². The first-order valence-corrected chi connectivity index (χ1v) is 17.8. The molecule has 0 saturated carbocycles. The molecule has 1 N–H and O–H groups in total. The molecule has 1 atom stereocenters. The van der Waals surface area contributed by atoms with Crippen LogP contribution in [0.1, 0.15) is 30.5 Å². The monoisotopic (exact) mass is 733 g/mol. The fourth-order valence-electron chi connectivity index (χ4n) is 4.84. The standard InChI is InChI=1S/C35H35Cl4N3O4S/c1-23(2)20-40-35(44)33(18-25-7-5-4-6-8-25)41(21-26-11-15-29(37)31(39)17-26)34(43)22-42(32-19-27(36)12-16-30(32)38)47(45,46)28-13-9-24(3)10-14-28/h4-17,19,23,33H,18,20-22H2,1-3H3,(H,40,44)/t33-/m0/s1. The number of hydrogen-bond donors (Lipinski definition) is 1. The summed E-state index contributed by atoms with van der Waals surface area (Å²) in [5.41, 5.74) is 2.28. The van der Waals surface area contributed by atoms with Gasteiger partial charge in [0.05, 0.1) is 25.7 Å². The van der Waals surface area contributed by atoms with E-state index in [1.54, 1.807) is 30.3 Å². The highest BCUT2D eigenvalue weighted by atomic mass is 35.5. The second-order valence-electron chi connectivity index (χ2n) is 11.5. The van der Waals surface area contributed by atoms with Crippen LogP contribution in [0.3, 0.4) is 0 Å². The highest BCUT2D eigenvalue weighted by Crippen LogP contribution is 2.34. The molecule has 0 bridgehead atoms.